The van der Waals surface area contributed by atoms with Crippen molar-refractivity contribution in [1.82, 2.24) is 9.88 Å². The van der Waals surface area contributed by atoms with Crippen molar-refractivity contribution in [2.75, 3.05) is 13.6 Å². The van der Waals surface area contributed by atoms with Gasteiger partial charge in [-0.3, -0.25) is 4.79 Å². The smallest absolute Gasteiger partial charge is 0.265 e. The minimum Gasteiger partial charge on any atom is -0.341 e. The molecule has 0 aliphatic rings. The van der Waals surface area contributed by atoms with E-state index in [2.05, 4.69) is 4.98 Å². The molecule has 1 rings (SSSR count). The summed E-state index contributed by atoms with van der Waals surface area (Å²) in [4.78, 5) is 18.3. The first kappa shape index (κ1) is 12.5. The van der Waals surface area contributed by atoms with E-state index in [-0.39, 0.29) is 11.3 Å². The molecular formula is C10H15ClN2OS. The zero-order valence-electron chi connectivity index (χ0n) is 9.16. The molecule has 0 aliphatic heterocycles. The Bertz CT molecular complexity index is 338. The lowest BCUT2D eigenvalue weighted by molar-refractivity contribution is 0.0798. The number of nitrogens with zero attached hydrogens (tertiary/aromatic N) is 2. The van der Waals surface area contributed by atoms with E-state index in [1.54, 1.807) is 18.1 Å². The first-order valence-electron chi connectivity index (χ1n) is 4.82. The van der Waals surface area contributed by atoms with Gasteiger partial charge in [-0.15, -0.1) is 22.9 Å². The second kappa shape index (κ2) is 5.47. The molecule has 1 unspecified atom stereocenters. The Morgan fingerprint density at radius 2 is 2.40 bits per heavy atom. The molecule has 15 heavy (non-hydrogen) atoms. The van der Waals surface area contributed by atoms with Crippen LogP contribution < -0.4 is 0 Å². The van der Waals surface area contributed by atoms with Gasteiger partial charge in [0.05, 0.1) is 11.2 Å². The topological polar surface area (TPSA) is 33.2 Å². The quantitative estimate of drug-likeness (QED) is 0.765. The minimum absolute atomic E-state index is 0.0258. The molecule has 1 heterocycles. The van der Waals surface area contributed by atoms with Crippen molar-refractivity contribution >= 4 is 28.8 Å². The molecule has 1 atom stereocenters. The Labute approximate surface area is 99.1 Å². The number of hydrogen-bond donors (Lipinski definition) is 0. The van der Waals surface area contributed by atoms with E-state index >= 15 is 0 Å². The van der Waals surface area contributed by atoms with Crippen molar-refractivity contribution in [2.24, 2.45) is 0 Å². The Morgan fingerprint density at radius 1 is 1.73 bits per heavy atom. The predicted molar refractivity (Wildman–Crippen MR) is 63.7 cm³/mol. The van der Waals surface area contributed by atoms with Crippen molar-refractivity contribution in [3.05, 3.63) is 16.1 Å². The number of halogens is 1. The zero-order valence-corrected chi connectivity index (χ0v) is 10.7. The number of hydrogen-bond acceptors (Lipinski definition) is 3. The van der Waals surface area contributed by atoms with Crippen LogP contribution in [0.15, 0.2) is 6.20 Å². The van der Waals surface area contributed by atoms with Crippen LogP contribution in [0.25, 0.3) is 0 Å². The molecule has 0 bridgehead atoms. The van der Waals surface area contributed by atoms with Gasteiger partial charge in [0.15, 0.2) is 0 Å². The lowest BCUT2D eigenvalue weighted by Gasteiger charge is -2.16. The van der Waals surface area contributed by atoms with Gasteiger partial charge in [0.1, 0.15) is 4.88 Å². The Kier molecular flexibility index (Phi) is 4.54. The molecule has 84 valence electrons. The normalized spacial score (nSPS) is 12.5. The van der Waals surface area contributed by atoms with Crippen LogP contribution in [0.3, 0.4) is 0 Å². The molecule has 0 spiro atoms. The van der Waals surface area contributed by atoms with E-state index in [1.165, 1.54) is 11.3 Å². The number of aromatic nitrogens is 1. The van der Waals surface area contributed by atoms with E-state index in [4.69, 9.17) is 11.6 Å². The Hall–Kier alpha value is -0.610. The summed E-state index contributed by atoms with van der Waals surface area (Å²) in [6, 6.07) is 0. The maximum absolute atomic E-state index is 11.8. The van der Waals surface area contributed by atoms with Crippen molar-refractivity contribution in [3.63, 3.8) is 0 Å². The zero-order chi connectivity index (χ0) is 11.4. The summed E-state index contributed by atoms with van der Waals surface area (Å²) in [6.45, 7) is 4.50. The van der Waals surface area contributed by atoms with Crippen LogP contribution in [0.2, 0.25) is 0 Å². The minimum atomic E-state index is 0.0258. The monoisotopic (exact) mass is 246 g/mol. The lowest BCUT2D eigenvalue weighted by atomic mass is 10.3. The number of alkyl halides is 1. The Balaban J connectivity index is 2.53. The summed E-state index contributed by atoms with van der Waals surface area (Å²) in [5.41, 5.74) is 0. The fourth-order valence-corrected chi connectivity index (χ4v) is 1.99. The molecule has 0 radical (unpaired) electrons. The molecule has 0 saturated carbocycles. The third-order valence-electron chi connectivity index (χ3n) is 2.04. The number of carbonyl (C=O) groups excluding carboxylic acids is 1. The second-order valence-electron chi connectivity index (χ2n) is 3.54. The van der Waals surface area contributed by atoms with Crippen LogP contribution in [0.1, 0.15) is 28.0 Å². The first-order valence-corrected chi connectivity index (χ1v) is 6.08. The van der Waals surface area contributed by atoms with Gasteiger partial charge in [0.2, 0.25) is 0 Å². The summed E-state index contributed by atoms with van der Waals surface area (Å²) in [6.07, 6.45) is 2.44. The predicted octanol–water partition coefficient (Wildman–Crippen LogP) is 2.54. The molecule has 0 saturated heterocycles. The molecule has 1 aromatic rings. The van der Waals surface area contributed by atoms with Crippen molar-refractivity contribution < 1.29 is 4.79 Å². The van der Waals surface area contributed by atoms with Gasteiger partial charge in [0.25, 0.3) is 5.91 Å². The number of carbonyl (C=O) groups is 1. The number of rotatable bonds is 4. The van der Waals surface area contributed by atoms with Gasteiger partial charge in [-0.2, -0.15) is 0 Å². The van der Waals surface area contributed by atoms with E-state index < -0.39 is 0 Å². The van der Waals surface area contributed by atoms with E-state index in [0.717, 1.165) is 11.4 Å². The van der Waals surface area contributed by atoms with Crippen LogP contribution >= 0.6 is 22.9 Å². The molecule has 3 nitrogen and oxygen atoms in total. The lowest BCUT2D eigenvalue weighted by Crippen LogP contribution is -2.28. The molecule has 1 amide bonds. The van der Waals surface area contributed by atoms with Crippen LogP contribution in [-0.4, -0.2) is 34.8 Å². The van der Waals surface area contributed by atoms with Gasteiger partial charge < -0.3 is 4.90 Å². The number of thiazole rings is 1. The average Bonchev–Trinajstić information content (AvgIpc) is 2.60. The Morgan fingerprint density at radius 3 is 2.87 bits per heavy atom. The largest absolute Gasteiger partial charge is 0.341 e. The highest BCUT2D eigenvalue weighted by atomic mass is 35.5. The summed E-state index contributed by atoms with van der Waals surface area (Å²) >= 11 is 7.25. The molecule has 5 heteroatoms. The van der Waals surface area contributed by atoms with Crippen LogP contribution in [-0.2, 0) is 0 Å². The van der Waals surface area contributed by atoms with Crippen molar-refractivity contribution in [1.29, 1.82) is 0 Å². The third-order valence-corrected chi connectivity index (χ3v) is 3.16. The second-order valence-corrected chi connectivity index (χ2v) is 5.52. The van der Waals surface area contributed by atoms with E-state index in [0.29, 0.717) is 11.4 Å². The van der Waals surface area contributed by atoms with Gasteiger partial charge in [-0.25, -0.2) is 4.98 Å². The molecule has 0 aromatic carbocycles. The number of amides is 1. The molecule has 0 N–H and O–H groups in total. The maximum atomic E-state index is 11.8. The third kappa shape index (κ3) is 3.80. The van der Waals surface area contributed by atoms with Crippen LogP contribution in [0.4, 0.5) is 0 Å². The van der Waals surface area contributed by atoms with Gasteiger partial charge in [-0.1, -0.05) is 0 Å². The van der Waals surface area contributed by atoms with Gasteiger partial charge in [0, 0.05) is 19.0 Å². The standard InChI is InChI=1S/C10H15ClN2OS/c1-7(11)4-5-13(3)10(14)9-6-12-8(2)15-9/h6-7H,4-5H2,1-3H3. The van der Waals surface area contributed by atoms with Crippen molar-refractivity contribution in [2.45, 2.75) is 25.6 Å². The summed E-state index contributed by atoms with van der Waals surface area (Å²) in [5.74, 6) is 0.0258. The van der Waals surface area contributed by atoms with Crippen molar-refractivity contribution in [3.8, 4) is 0 Å². The van der Waals surface area contributed by atoms with Crippen LogP contribution in [0.5, 0.6) is 0 Å². The first-order chi connectivity index (χ1) is 7.00. The summed E-state index contributed by atoms with van der Waals surface area (Å²) in [5, 5.41) is 1.01. The van der Waals surface area contributed by atoms with Crippen LogP contribution in [0, 0.1) is 6.92 Å². The summed E-state index contributed by atoms with van der Waals surface area (Å²) < 4.78 is 0. The number of aryl methyl sites for hydroxylation is 1. The molecule has 1 aromatic heterocycles. The highest BCUT2D eigenvalue weighted by Crippen LogP contribution is 2.14. The van der Waals surface area contributed by atoms with Gasteiger partial charge >= 0.3 is 0 Å². The molecule has 0 fully saturated rings. The maximum Gasteiger partial charge on any atom is 0.265 e. The van der Waals surface area contributed by atoms with E-state index in [1.807, 2.05) is 13.8 Å². The molecular weight excluding hydrogens is 232 g/mol. The average molecular weight is 247 g/mol. The van der Waals surface area contributed by atoms with Gasteiger partial charge in [-0.05, 0) is 20.3 Å². The SMILES string of the molecule is Cc1ncc(C(=O)N(C)CCC(C)Cl)s1. The highest BCUT2D eigenvalue weighted by molar-refractivity contribution is 7.13. The summed E-state index contributed by atoms with van der Waals surface area (Å²) in [7, 11) is 1.79. The highest BCUT2D eigenvalue weighted by Gasteiger charge is 2.14. The van der Waals surface area contributed by atoms with E-state index in [9.17, 15) is 4.79 Å². The molecule has 0 aliphatic carbocycles. The fraction of sp³-hybridized carbons (Fsp3) is 0.600. The fourth-order valence-electron chi connectivity index (χ4n) is 1.12.